The van der Waals surface area contributed by atoms with Crippen molar-refractivity contribution < 1.29 is 19.1 Å². The first-order valence-electron chi connectivity index (χ1n) is 5.74. The molecule has 1 aromatic rings. The van der Waals surface area contributed by atoms with E-state index < -0.39 is 0 Å². The molecule has 1 amide bonds. The van der Waals surface area contributed by atoms with Gasteiger partial charge in [0.25, 0.3) is 5.91 Å². The summed E-state index contributed by atoms with van der Waals surface area (Å²) in [5.74, 6) is 0.570. The van der Waals surface area contributed by atoms with Gasteiger partial charge in [0.15, 0.2) is 0 Å². The molecule has 5 heteroatoms. The van der Waals surface area contributed by atoms with Crippen LogP contribution in [0.5, 0.6) is 5.75 Å². The number of fused-ring (bicyclic) bond motifs is 1. The van der Waals surface area contributed by atoms with E-state index in [-0.39, 0.29) is 12.5 Å². The zero-order valence-corrected chi connectivity index (χ0v) is 10.2. The Labute approximate surface area is 105 Å². The topological polar surface area (TPSA) is 55.8 Å². The minimum Gasteiger partial charge on any atom is -0.491 e. The maximum absolute atomic E-state index is 12.0. The van der Waals surface area contributed by atoms with Crippen molar-refractivity contribution in [1.29, 1.82) is 0 Å². The summed E-state index contributed by atoms with van der Waals surface area (Å²) in [7, 11) is 1.61. The molecule has 0 fully saturated rings. The highest BCUT2D eigenvalue weighted by atomic mass is 16.5. The molecule has 1 aromatic carbocycles. The van der Waals surface area contributed by atoms with E-state index in [0.29, 0.717) is 31.1 Å². The van der Waals surface area contributed by atoms with Gasteiger partial charge in [0, 0.05) is 18.2 Å². The van der Waals surface area contributed by atoms with E-state index in [9.17, 15) is 9.59 Å². The highest BCUT2D eigenvalue weighted by Crippen LogP contribution is 2.30. The molecular weight excluding hydrogens is 234 g/mol. The van der Waals surface area contributed by atoms with Crippen molar-refractivity contribution in [2.24, 2.45) is 0 Å². The molecule has 0 saturated heterocycles. The van der Waals surface area contributed by atoms with E-state index in [0.717, 1.165) is 11.8 Å². The van der Waals surface area contributed by atoms with Gasteiger partial charge in [-0.1, -0.05) is 6.07 Å². The smallest absolute Gasteiger partial charge is 0.255 e. The fourth-order valence-corrected chi connectivity index (χ4v) is 1.97. The number of nitrogens with zero attached hydrogens (tertiary/aromatic N) is 1. The Bertz CT molecular complexity index is 458. The predicted molar refractivity (Wildman–Crippen MR) is 64.6 cm³/mol. The fourth-order valence-electron chi connectivity index (χ4n) is 1.97. The van der Waals surface area contributed by atoms with Crippen molar-refractivity contribution in [2.45, 2.75) is 6.54 Å². The molecule has 18 heavy (non-hydrogen) atoms. The first kappa shape index (κ1) is 12.6. The minimum atomic E-state index is -0.116. The maximum atomic E-state index is 12.0. The summed E-state index contributed by atoms with van der Waals surface area (Å²) in [6, 6.07) is 5.36. The Hall–Kier alpha value is -1.88. The first-order chi connectivity index (χ1) is 8.77. The molecule has 2 rings (SSSR count). The number of aldehydes is 1. The molecular formula is C13H15NO4. The molecule has 0 unspecified atom stereocenters. The minimum absolute atomic E-state index is 0.116. The Morgan fingerprint density at radius 1 is 1.39 bits per heavy atom. The van der Waals surface area contributed by atoms with Gasteiger partial charge in [-0.15, -0.1) is 0 Å². The van der Waals surface area contributed by atoms with E-state index in [2.05, 4.69) is 0 Å². The van der Waals surface area contributed by atoms with E-state index in [1.807, 2.05) is 6.07 Å². The third-order valence-corrected chi connectivity index (χ3v) is 2.84. The van der Waals surface area contributed by atoms with Crippen molar-refractivity contribution in [2.75, 3.05) is 26.9 Å². The van der Waals surface area contributed by atoms with Gasteiger partial charge in [0.2, 0.25) is 0 Å². The average Bonchev–Trinajstić information content (AvgIpc) is 2.69. The van der Waals surface area contributed by atoms with Crippen LogP contribution in [-0.4, -0.2) is 44.0 Å². The van der Waals surface area contributed by atoms with Gasteiger partial charge in [-0.25, -0.2) is 0 Å². The third kappa shape index (κ3) is 2.36. The summed E-state index contributed by atoms with van der Waals surface area (Å²) in [6.45, 7) is 1.48. The van der Waals surface area contributed by atoms with Crippen molar-refractivity contribution in [3.8, 4) is 5.75 Å². The number of carbonyl (C=O) groups is 2. The molecule has 0 radical (unpaired) electrons. The molecule has 1 aliphatic rings. The van der Waals surface area contributed by atoms with E-state index in [1.54, 1.807) is 19.2 Å². The number of hydrogen-bond acceptors (Lipinski definition) is 4. The van der Waals surface area contributed by atoms with Crippen LogP contribution in [0.4, 0.5) is 0 Å². The molecule has 5 nitrogen and oxygen atoms in total. The van der Waals surface area contributed by atoms with Crippen molar-refractivity contribution in [1.82, 2.24) is 4.90 Å². The first-order valence-corrected chi connectivity index (χ1v) is 5.74. The summed E-state index contributed by atoms with van der Waals surface area (Å²) < 4.78 is 10.5. The zero-order chi connectivity index (χ0) is 13.0. The highest BCUT2D eigenvalue weighted by Gasteiger charge is 2.29. The highest BCUT2D eigenvalue weighted by molar-refractivity contribution is 5.99. The Morgan fingerprint density at radius 3 is 2.94 bits per heavy atom. The fraction of sp³-hybridized carbons (Fsp3) is 0.385. The van der Waals surface area contributed by atoms with E-state index >= 15 is 0 Å². The lowest BCUT2D eigenvalue weighted by atomic mass is 10.1. The molecule has 0 aliphatic carbocycles. The molecule has 0 aromatic heterocycles. The third-order valence-electron chi connectivity index (χ3n) is 2.84. The SMILES string of the molecule is COCCOc1cccc2c1CN(CC=O)C2=O. The lowest BCUT2D eigenvalue weighted by molar-refractivity contribution is -0.108. The second-order valence-electron chi connectivity index (χ2n) is 3.98. The van der Waals surface area contributed by atoms with Gasteiger partial charge >= 0.3 is 0 Å². The van der Waals surface area contributed by atoms with Gasteiger partial charge in [-0.2, -0.15) is 0 Å². The van der Waals surface area contributed by atoms with Crippen LogP contribution in [0, 0.1) is 0 Å². The van der Waals surface area contributed by atoms with Gasteiger partial charge in [-0.3, -0.25) is 4.79 Å². The van der Waals surface area contributed by atoms with Crippen LogP contribution < -0.4 is 4.74 Å². The van der Waals surface area contributed by atoms with Crippen LogP contribution in [0.1, 0.15) is 15.9 Å². The number of rotatable bonds is 6. The molecule has 1 aliphatic heterocycles. The van der Waals surface area contributed by atoms with Crippen LogP contribution >= 0.6 is 0 Å². The lowest BCUT2D eigenvalue weighted by Crippen LogP contribution is -2.25. The van der Waals surface area contributed by atoms with Crippen molar-refractivity contribution in [3.63, 3.8) is 0 Å². The van der Waals surface area contributed by atoms with Gasteiger partial charge in [0.1, 0.15) is 18.6 Å². The van der Waals surface area contributed by atoms with Crippen LogP contribution in [0.15, 0.2) is 18.2 Å². The van der Waals surface area contributed by atoms with Crippen molar-refractivity contribution in [3.05, 3.63) is 29.3 Å². The number of hydrogen-bond donors (Lipinski definition) is 0. The number of ether oxygens (including phenoxy) is 2. The number of benzene rings is 1. The molecule has 1 heterocycles. The van der Waals surface area contributed by atoms with Gasteiger partial charge in [-0.05, 0) is 12.1 Å². The van der Waals surface area contributed by atoms with E-state index in [4.69, 9.17) is 9.47 Å². The second kappa shape index (κ2) is 5.64. The van der Waals surface area contributed by atoms with Crippen LogP contribution in [0.2, 0.25) is 0 Å². The molecule has 96 valence electrons. The Balaban J connectivity index is 2.17. The number of amides is 1. The molecule has 0 spiro atoms. The quantitative estimate of drug-likeness (QED) is 0.554. The summed E-state index contributed by atoms with van der Waals surface area (Å²) >= 11 is 0. The average molecular weight is 249 g/mol. The predicted octanol–water partition coefficient (Wildman–Crippen LogP) is 0.867. The Morgan fingerprint density at radius 2 is 2.22 bits per heavy atom. The molecule has 0 N–H and O–H groups in total. The van der Waals surface area contributed by atoms with Gasteiger partial charge < -0.3 is 19.2 Å². The maximum Gasteiger partial charge on any atom is 0.255 e. The van der Waals surface area contributed by atoms with Gasteiger partial charge in [0.05, 0.1) is 19.7 Å². The largest absolute Gasteiger partial charge is 0.491 e. The molecule has 0 bridgehead atoms. The summed E-state index contributed by atoms with van der Waals surface area (Å²) in [4.78, 5) is 24.0. The number of methoxy groups -OCH3 is 1. The Kier molecular flexibility index (Phi) is 3.94. The monoisotopic (exact) mass is 249 g/mol. The second-order valence-corrected chi connectivity index (χ2v) is 3.98. The summed E-state index contributed by atoms with van der Waals surface area (Å²) in [5.41, 5.74) is 1.47. The van der Waals surface area contributed by atoms with Crippen LogP contribution in [0.3, 0.4) is 0 Å². The lowest BCUT2D eigenvalue weighted by Gasteiger charge is -2.11. The molecule has 0 atom stereocenters. The van der Waals surface area contributed by atoms with Crippen LogP contribution in [-0.2, 0) is 16.1 Å². The molecule has 0 saturated carbocycles. The summed E-state index contributed by atoms with van der Waals surface area (Å²) in [6.07, 6.45) is 0.731. The van der Waals surface area contributed by atoms with Crippen molar-refractivity contribution >= 4 is 12.2 Å². The number of carbonyl (C=O) groups excluding carboxylic acids is 2. The standard InChI is InChI=1S/C13H15NO4/c1-17-7-8-18-12-4-2-3-10-11(12)9-14(5-6-15)13(10)16/h2-4,6H,5,7-9H2,1H3. The normalized spacial score (nSPS) is 13.6. The van der Waals surface area contributed by atoms with Crippen LogP contribution in [0.25, 0.3) is 0 Å². The zero-order valence-electron chi connectivity index (χ0n) is 10.2. The van der Waals surface area contributed by atoms with E-state index in [1.165, 1.54) is 4.90 Å². The summed E-state index contributed by atoms with van der Waals surface area (Å²) in [5, 5.41) is 0.